The monoisotopic (exact) mass is 458 g/mol. The molecule has 174 valence electrons. The minimum Gasteiger partial charge on any atom is -0.481 e. The van der Waals surface area contributed by atoms with E-state index in [-0.39, 0.29) is 24.4 Å². The van der Waals surface area contributed by atoms with E-state index in [1.807, 2.05) is 68.6 Å². The highest BCUT2D eigenvalue weighted by atomic mass is 16.4. The molecule has 0 radical (unpaired) electrons. The lowest BCUT2D eigenvalue weighted by Gasteiger charge is -2.21. The maximum Gasteiger partial charge on any atom is 0.306 e. The van der Waals surface area contributed by atoms with Crippen LogP contribution in [0.1, 0.15) is 26.3 Å². The summed E-state index contributed by atoms with van der Waals surface area (Å²) < 4.78 is 3.47. The number of nitrogens with one attached hydrogen (secondary N) is 1. The number of carboxylic acid groups (broad SMARTS) is 1. The maximum absolute atomic E-state index is 13.2. The van der Waals surface area contributed by atoms with E-state index in [9.17, 15) is 14.7 Å². The largest absolute Gasteiger partial charge is 0.481 e. The Morgan fingerprint density at radius 2 is 1.68 bits per heavy atom. The van der Waals surface area contributed by atoms with E-state index in [1.165, 1.54) is 0 Å². The number of hydrogen-bond donors (Lipinski definition) is 2. The molecule has 3 aromatic rings. The van der Waals surface area contributed by atoms with Crippen LogP contribution in [0, 0.1) is 5.92 Å². The van der Waals surface area contributed by atoms with Crippen molar-refractivity contribution in [1.29, 1.82) is 0 Å². The number of carbonyl (C=O) groups is 2. The fourth-order valence-electron chi connectivity index (χ4n) is 4.02. The Labute approximate surface area is 198 Å². The second-order valence-electron chi connectivity index (χ2n) is 8.59. The Kier molecular flexibility index (Phi) is 6.96. The van der Waals surface area contributed by atoms with Gasteiger partial charge in [0, 0.05) is 36.8 Å². The second kappa shape index (κ2) is 10.2. The van der Waals surface area contributed by atoms with Crippen molar-refractivity contribution in [3.8, 4) is 22.3 Å². The molecule has 0 aliphatic carbocycles. The topological polar surface area (TPSA) is 99.6 Å². The van der Waals surface area contributed by atoms with Crippen molar-refractivity contribution >= 4 is 11.9 Å². The molecule has 2 N–H and O–H groups in total. The molecule has 2 atom stereocenters. The van der Waals surface area contributed by atoms with Crippen molar-refractivity contribution in [2.75, 3.05) is 6.54 Å². The summed E-state index contributed by atoms with van der Waals surface area (Å²) in [6.07, 6.45) is 10.1. The summed E-state index contributed by atoms with van der Waals surface area (Å²) in [5.74, 6) is -1.29. The molecule has 8 heteroatoms. The minimum atomic E-state index is -1.04. The quantitative estimate of drug-likeness (QED) is 0.466. The molecule has 1 aromatic carbocycles. The molecule has 0 fully saturated rings. The third-order valence-corrected chi connectivity index (χ3v) is 5.83. The van der Waals surface area contributed by atoms with E-state index in [1.54, 1.807) is 34.1 Å². The highest BCUT2D eigenvalue weighted by molar-refractivity contribution is 5.85. The number of rotatable bonds is 9. The first-order valence-electron chi connectivity index (χ1n) is 11.3. The Balaban J connectivity index is 1.54. The summed E-state index contributed by atoms with van der Waals surface area (Å²) in [6, 6.07) is 13.0. The number of carbonyl (C=O) groups excluding carboxylic acids is 1. The number of hydrogen-bond acceptors (Lipinski definition) is 4. The summed E-state index contributed by atoms with van der Waals surface area (Å²) in [4.78, 5) is 28.8. The molecule has 8 nitrogen and oxygen atoms in total. The van der Waals surface area contributed by atoms with Gasteiger partial charge in [-0.05, 0) is 45.6 Å². The molecular weight excluding hydrogens is 430 g/mol. The van der Waals surface area contributed by atoms with Gasteiger partial charge < -0.3 is 9.67 Å². The fraction of sp³-hybridized carbons (Fsp3) is 0.269. The molecule has 0 spiro atoms. The van der Waals surface area contributed by atoms with Gasteiger partial charge in [-0.3, -0.25) is 19.9 Å². The smallest absolute Gasteiger partial charge is 0.306 e. The Bertz CT molecular complexity index is 1210. The lowest BCUT2D eigenvalue weighted by atomic mass is 10.0. The third kappa shape index (κ3) is 5.28. The van der Waals surface area contributed by atoms with Crippen LogP contribution in [0.15, 0.2) is 84.6 Å². The van der Waals surface area contributed by atoms with Crippen molar-refractivity contribution in [1.82, 2.24) is 14.9 Å². The highest BCUT2D eigenvalue weighted by Gasteiger charge is 2.33. The summed E-state index contributed by atoms with van der Waals surface area (Å²) in [5, 5.41) is 16.8. The van der Waals surface area contributed by atoms with Crippen molar-refractivity contribution < 1.29 is 19.4 Å². The first kappa shape index (κ1) is 23.1. The molecule has 1 amide bonds. The molecule has 3 heterocycles. The normalized spacial score (nSPS) is 14.6. The van der Waals surface area contributed by atoms with Crippen LogP contribution in [-0.4, -0.2) is 43.9 Å². The van der Waals surface area contributed by atoms with Gasteiger partial charge in [-0.25, -0.2) is 0 Å². The van der Waals surface area contributed by atoms with E-state index in [0.29, 0.717) is 6.54 Å². The van der Waals surface area contributed by atoms with Gasteiger partial charge in [0.15, 0.2) is 6.54 Å². The first-order valence-corrected chi connectivity index (χ1v) is 11.3. The van der Waals surface area contributed by atoms with E-state index >= 15 is 0 Å². The third-order valence-electron chi connectivity index (χ3n) is 5.83. The number of azo groups is 2. The number of carboxylic acids is 1. The first-order chi connectivity index (χ1) is 16.4. The second-order valence-corrected chi connectivity index (χ2v) is 8.59. The van der Waals surface area contributed by atoms with Gasteiger partial charge in [0.05, 0.1) is 12.6 Å². The highest BCUT2D eigenvalue weighted by Crippen LogP contribution is 2.26. The number of amides is 1. The molecule has 4 rings (SSSR count). The zero-order valence-electron chi connectivity index (χ0n) is 19.2. The summed E-state index contributed by atoms with van der Waals surface area (Å²) in [6.45, 7) is 4.60. The zero-order chi connectivity index (χ0) is 24.1. The van der Waals surface area contributed by atoms with Gasteiger partial charge in [-0.15, -0.1) is 0 Å². The van der Waals surface area contributed by atoms with Crippen molar-refractivity contribution in [3.05, 3.63) is 79.5 Å². The molecule has 0 saturated carbocycles. The number of aromatic nitrogens is 2. The van der Waals surface area contributed by atoms with E-state index < -0.39 is 12.0 Å². The Hall–Kier alpha value is -4.07. The lowest BCUT2D eigenvalue weighted by molar-refractivity contribution is -0.622. The van der Waals surface area contributed by atoms with Gasteiger partial charge in [0.1, 0.15) is 6.04 Å². The van der Waals surface area contributed by atoms with Crippen LogP contribution in [0.3, 0.4) is 0 Å². The maximum atomic E-state index is 13.2. The summed E-state index contributed by atoms with van der Waals surface area (Å²) in [7, 11) is 0. The van der Waals surface area contributed by atoms with Crippen LogP contribution in [0.4, 0.5) is 0 Å². The van der Waals surface area contributed by atoms with Gasteiger partial charge in [-0.2, -0.15) is 0 Å². The predicted molar refractivity (Wildman–Crippen MR) is 128 cm³/mol. The van der Waals surface area contributed by atoms with Gasteiger partial charge in [0.2, 0.25) is 5.91 Å². The Morgan fingerprint density at radius 1 is 1.03 bits per heavy atom. The fourth-order valence-corrected chi connectivity index (χ4v) is 4.02. The molecule has 34 heavy (non-hydrogen) atoms. The molecule has 1 aliphatic heterocycles. The van der Waals surface area contributed by atoms with Crippen LogP contribution >= 0.6 is 0 Å². The molecule has 1 aliphatic rings. The van der Waals surface area contributed by atoms with Gasteiger partial charge >= 0.3 is 5.97 Å². The van der Waals surface area contributed by atoms with Gasteiger partial charge in [-0.1, -0.05) is 42.8 Å². The summed E-state index contributed by atoms with van der Waals surface area (Å²) >= 11 is 0. The van der Waals surface area contributed by atoms with Crippen LogP contribution < -0.4 is 5.32 Å². The molecular formula is C26H28N5O3+. The lowest BCUT2D eigenvalue weighted by Crippen LogP contribution is -2.48. The van der Waals surface area contributed by atoms with Crippen LogP contribution in [-0.2, 0) is 9.59 Å². The number of aliphatic carboxylic acids is 1. The predicted octanol–water partition coefficient (Wildman–Crippen LogP) is 4.32. The number of benzene rings is 1. The standard InChI is InChI=1S/C26H27N5O3/c1-18(2)25(31-14-3-11-28-31)29-26(34)23(16-24(32)33)30-15-10-22(17-30)20-6-4-19(5-7-20)21-8-12-27-13-9-21/h3-13,15,17-18,23,25H,14,16H2,1-2H3,(H-,29,32,33,34)/p+1/t23-,25-/m1/s1. The SMILES string of the molecule is CC(C)[C@H](NC(=O)[C@@H](CC(=O)O)n1ccc(-c2ccc(-c3ccncc3)cc2)c1)[N+]1=NC=CC1. The van der Waals surface area contributed by atoms with Crippen molar-refractivity contribution in [2.24, 2.45) is 11.0 Å². The summed E-state index contributed by atoms with van der Waals surface area (Å²) in [5.41, 5.74) is 4.05. The number of nitrogens with zero attached hydrogens (tertiary/aromatic N) is 4. The minimum absolute atomic E-state index is 0.0946. The van der Waals surface area contributed by atoms with Crippen molar-refractivity contribution in [3.63, 3.8) is 0 Å². The van der Waals surface area contributed by atoms with E-state index in [2.05, 4.69) is 15.4 Å². The van der Waals surface area contributed by atoms with Crippen LogP contribution in [0.5, 0.6) is 0 Å². The molecule has 0 saturated heterocycles. The van der Waals surface area contributed by atoms with E-state index in [0.717, 1.165) is 22.3 Å². The molecule has 0 unspecified atom stereocenters. The zero-order valence-corrected chi connectivity index (χ0v) is 19.2. The molecule has 2 aromatic heterocycles. The number of pyridine rings is 1. The molecule has 0 bridgehead atoms. The van der Waals surface area contributed by atoms with Crippen LogP contribution in [0.2, 0.25) is 0 Å². The van der Waals surface area contributed by atoms with Crippen LogP contribution in [0.25, 0.3) is 22.3 Å². The van der Waals surface area contributed by atoms with E-state index in [4.69, 9.17) is 0 Å². The Morgan fingerprint density at radius 3 is 2.26 bits per heavy atom. The average Bonchev–Trinajstić information content (AvgIpc) is 3.54. The van der Waals surface area contributed by atoms with Gasteiger partial charge in [0.25, 0.3) is 6.17 Å². The van der Waals surface area contributed by atoms with Crippen molar-refractivity contribution in [2.45, 2.75) is 32.5 Å². The average molecular weight is 459 g/mol.